The molecule has 0 spiro atoms. The molecule has 12 heavy (non-hydrogen) atoms. The molecule has 4 heteroatoms. The largest absolute Gasteiger partial charge is 0.468 e. The lowest BCUT2D eigenvalue weighted by Crippen LogP contribution is -2.22. The third kappa shape index (κ3) is 1.65. The summed E-state index contributed by atoms with van der Waals surface area (Å²) in [6.45, 7) is 0.195. The van der Waals surface area contributed by atoms with Gasteiger partial charge in [0.25, 0.3) is 0 Å². The van der Waals surface area contributed by atoms with Crippen molar-refractivity contribution in [3.63, 3.8) is 0 Å². The van der Waals surface area contributed by atoms with Gasteiger partial charge in [-0.05, 0) is 12.1 Å². The van der Waals surface area contributed by atoms with Gasteiger partial charge in [-0.2, -0.15) is 0 Å². The summed E-state index contributed by atoms with van der Waals surface area (Å²) >= 11 is 0. The first kappa shape index (κ1) is 8.80. The summed E-state index contributed by atoms with van der Waals surface area (Å²) in [7, 11) is 1.33. The summed E-state index contributed by atoms with van der Waals surface area (Å²) in [6, 6.07) is 3.41. The number of ether oxygens (including phenoxy) is 1. The second-order valence-electron chi connectivity index (χ2n) is 2.33. The highest BCUT2D eigenvalue weighted by molar-refractivity contribution is 5.77. The number of carbonyl (C=O) groups excluding carboxylic acids is 1. The molecule has 1 atom stereocenters. The first-order valence-corrected chi connectivity index (χ1v) is 3.61. The molecule has 1 heterocycles. The zero-order valence-electron chi connectivity index (χ0n) is 6.82. The fourth-order valence-electron chi connectivity index (χ4n) is 0.960. The Labute approximate surface area is 70.3 Å². The third-order valence-electron chi connectivity index (χ3n) is 1.61. The smallest absolute Gasteiger partial charge is 0.317 e. The van der Waals surface area contributed by atoms with Crippen LogP contribution in [0, 0.1) is 0 Å². The van der Waals surface area contributed by atoms with Crippen molar-refractivity contribution in [3.05, 3.63) is 24.2 Å². The summed E-state index contributed by atoms with van der Waals surface area (Å²) in [4.78, 5) is 11.1. The molecule has 2 N–H and O–H groups in total. The molecule has 0 aliphatic carbocycles. The SMILES string of the molecule is COC(=O)C(CN)c1ccco1. The highest BCUT2D eigenvalue weighted by Gasteiger charge is 2.21. The van der Waals surface area contributed by atoms with Crippen molar-refractivity contribution < 1.29 is 13.9 Å². The van der Waals surface area contributed by atoms with Crippen LogP contribution in [0.4, 0.5) is 0 Å². The fourth-order valence-corrected chi connectivity index (χ4v) is 0.960. The van der Waals surface area contributed by atoms with Gasteiger partial charge in [-0.15, -0.1) is 0 Å². The summed E-state index contributed by atoms with van der Waals surface area (Å²) in [6.07, 6.45) is 1.50. The second-order valence-corrected chi connectivity index (χ2v) is 2.33. The average Bonchev–Trinajstić information content (AvgIpc) is 2.58. The van der Waals surface area contributed by atoms with Gasteiger partial charge in [0.05, 0.1) is 13.4 Å². The molecule has 0 amide bonds. The van der Waals surface area contributed by atoms with Gasteiger partial charge >= 0.3 is 5.97 Å². The minimum absolute atomic E-state index is 0.195. The van der Waals surface area contributed by atoms with Gasteiger partial charge in [-0.3, -0.25) is 4.79 Å². The van der Waals surface area contributed by atoms with Gasteiger partial charge in [0.1, 0.15) is 11.7 Å². The second kappa shape index (κ2) is 3.92. The maximum absolute atomic E-state index is 11.1. The minimum atomic E-state index is -0.481. The lowest BCUT2D eigenvalue weighted by molar-refractivity contribution is -0.142. The van der Waals surface area contributed by atoms with E-state index < -0.39 is 5.92 Å². The minimum Gasteiger partial charge on any atom is -0.468 e. The summed E-state index contributed by atoms with van der Waals surface area (Å²) in [5.74, 6) is -0.304. The molecule has 0 radical (unpaired) electrons. The van der Waals surface area contributed by atoms with E-state index in [2.05, 4.69) is 4.74 Å². The Balaban J connectivity index is 2.76. The molecule has 0 saturated carbocycles. The molecule has 1 aromatic heterocycles. The van der Waals surface area contributed by atoms with Crippen LogP contribution in [0.15, 0.2) is 22.8 Å². The number of methoxy groups -OCH3 is 1. The normalized spacial score (nSPS) is 12.5. The fraction of sp³-hybridized carbons (Fsp3) is 0.375. The van der Waals surface area contributed by atoms with Crippen LogP contribution in [-0.2, 0) is 9.53 Å². The topological polar surface area (TPSA) is 65.5 Å². The predicted molar refractivity (Wildman–Crippen MR) is 42.5 cm³/mol. The van der Waals surface area contributed by atoms with Crippen LogP contribution in [-0.4, -0.2) is 19.6 Å². The Morgan fingerprint density at radius 2 is 2.58 bits per heavy atom. The van der Waals surface area contributed by atoms with Crippen molar-refractivity contribution in [2.24, 2.45) is 5.73 Å². The Morgan fingerprint density at radius 1 is 1.83 bits per heavy atom. The van der Waals surface area contributed by atoms with Crippen molar-refractivity contribution in [1.29, 1.82) is 0 Å². The molecule has 1 aromatic rings. The van der Waals surface area contributed by atoms with E-state index in [0.29, 0.717) is 5.76 Å². The van der Waals surface area contributed by atoms with Gasteiger partial charge in [0.15, 0.2) is 0 Å². The maximum atomic E-state index is 11.1. The molecular weight excluding hydrogens is 158 g/mol. The quantitative estimate of drug-likeness (QED) is 0.669. The number of nitrogens with two attached hydrogens (primary N) is 1. The lowest BCUT2D eigenvalue weighted by Gasteiger charge is -2.08. The molecule has 0 saturated heterocycles. The van der Waals surface area contributed by atoms with Crippen LogP contribution in [0.25, 0.3) is 0 Å². The summed E-state index contributed by atoms with van der Waals surface area (Å²) in [5.41, 5.74) is 5.38. The number of esters is 1. The van der Waals surface area contributed by atoms with Crippen molar-refractivity contribution >= 4 is 5.97 Å². The maximum Gasteiger partial charge on any atom is 0.317 e. The van der Waals surface area contributed by atoms with Crippen molar-refractivity contribution in [2.75, 3.05) is 13.7 Å². The van der Waals surface area contributed by atoms with Crippen LogP contribution in [0.1, 0.15) is 11.7 Å². The first-order valence-electron chi connectivity index (χ1n) is 3.61. The van der Waals surface area contributed by atoms with E-state index in [4.69, 9.17) is 10.2 Å². The monoisotopic (exact) mass is 169 g/mol. The van der Waals surface area contributed by atoms with Gasteiger partial charge in [0.2, 0.25) is 0 Å². The molecule has 0 fully saturated rings. The van der Waals surface area contributed by atoms with Gasteiger partial charge in [0, 0.05) is 6.54 Å². The number of furan rings is 1. The van der Waals surface area contributed by atoms with E-state index in [-0.39, 0.29) is 12.5 Å². The Hall–Kier alpha value is -1.29. The molecule has 1 unspecified atom stereocenters. The lowest BCUT2D eigenvalue weighted by atomic mass is 10.1. The molecule has 0 aliphatic heterocycles. The van der Waals surface area contributed by atoms with Gasteiger partial charge < -0.3 is 14.9 Å². The van der Waals surface area contributed by atoms with Gasteiger partial charge in [-0.25, -0.2) is 0 Å². The van der Waals surface area contributed by atoms with E-state index >= 15 is 0 Å². The van der Waals surface area contributed by atoms with E-state index in [1.165, 1.54) is 13.4 Å². The summed E-state index contributed by atoms with van der Waals surface area (Å²) < 4.78 is 9.58. The molecule has 4 nitrogen and oxygen atoms in total. The standard InChI is InChI=1S/C8H11NO3/c1-11-8(10)6(5-9)7-3-2-4-12-7/h2-4,6H,5,9H2,1H3. The predicted octanol–water partition coefficient (Wildman–Crippen LogP) is 0.495. The molecule has 0 bridgehead atoms. The van der Waals surface area contributed by atoms with E-state index in [1.54, 1.807) is 12.1 Å². The highest BCUT2D eigenvalue weighted by Crippen LogP contribution is 2.15. The summed E-state index contributed by atoms with van der Waals surface area (Å²) in [5, 5.41) is 0. The van der Waals surface area contributed by atoms with Crippen molar-refractivity contribution in [1.82, 2.24) is 0 Å². The van der Waals surface area contributed by atoms with Crippen LogP contribution in [0.5, 0.6) is 0 Å². The zero-order chi connectivity index (χ0) is 8.97. The Morgan fingerprint density at radius 3 is 3.00 bits per heavy atom. The number of hydrogen-bond donors (Lipinski definition) is 1. The molecule has 1 rings (SSSR count). The number of rotatable bonds is 3. The van der Waals surface area contributed by atoms with Crippen LogP contribution < -0.4 is 5.73 Å². The number of hydrogen-bond acceptors (Lipinski definition) is 4. The molecule has 0 aromatic carbocycles. The van der Waals surface area contributed by atoms with Crippen LogP contribution in [0.3, 0.4) is 0 Å². The third-order valence-corrected chi connectivity index (χ3v) is 1.61. The molecular formula is C8H11NO3. The molecule has 0 aliphatic rings. The first-order chi connectivity index (χ1) is 5.79. The zero-order valence-corrected chi connectivity index (χ0v) is 6.82. The Bertz CT molecular complexity index is 243. The Kier molecular flexibility index (Phi) is 2.88. The van der Waals surface area contributed by atoms with Crippen LogP contribution >= 0.6 is 0 Å². The molecule has 66 valence electrons. The number of carbonyl (C=O) groups is 1. The van der Waals surface area contributed by atoms with Gasteiger partial charge in [-0.1, -0.05) is 0 Å². The highest BCUT2D eigenvalue weighted by atomic mass is 16.5. The van der Waals surface area contributed by atoms with Crippen LogP contribution in [0.2, 0.25) is 0 Å². The average molecular weight is 169 g/mol. The van der Waals surface area contributed by atoms with E-state index in [9.17, 15) is 4.79 Å². The van der Waals surface area contributed by atoms with Crippen molar-refractivity contribution in [3.8, 4) is 0 Å². The van der Waals surface area contributed by atoms with Crippen molar-refractivity contribution in [2.45, 2.75) is 5.92 Å². The van der Waals surface area contributed by atoms with E-state index in [1.807, 2.05) is 0 Å². The van der Waals surface area contributed by atoms with E-state index in [0.717, 1.165) is 0 Å².